The van der Waals surface area contributed by atoms with E-state index in [1.807, 2.05) is 47.4 Å². The molecule has 3 rings (SSSR count). The summed E-state index contributed by atoms with van der Waals surface area (Å²) in [6.45, 7) is 6.40. The number of aliphatic hydroxyl groups excluding tert-OH is 1. The Hall–Kier alpha value is -2.42. The molecule has 120 valence electrons. The highest BCUT2D eigenvalue weighted by Crippen LogP contribution is 2.53. The van der Waals surface area contributed by atoms with Crippen LogP contribution < -0.4 is 9.64 Å². The van der Waals surface area contributed by atoms with Gasteiger partial charge in [0, 0.05) is 5.57 Å². The van der Waals surface area contributed by atoms with E-state index in [2.05, 4.69) is 32.9 Å². The zero-order chi connectivity index (χ0) is 16.6. The van der Waals surface area contributed by atoms with E-state index < -0.39 is 0 Å². The Balaban J connectivity index is 2.14. The maximum atomic E-state index is 10.8. The molecule has 1 N–H and O–H groups in total. The number of hydrogen-bond donors (Lipinski definition) is 1. The molecule has 0 bridgehead atoms. The van der Waals surface area contributed by atoms with Gasteiger partial charge in [-0.25, -0.2) is 0 Å². The number of rotatable bonds is 3. The Labute approximate surface area is 137 Å². The molecule has 1 heterocycles. The third-order valence-corrected chi connectivity index (χ3v) is 4.27. The number of anilines is 1. The fourth-order valence-corrected chi connectivity index (χ4v) is 3.22. The normalized spacial score (nSPS) is 17.9. The standard InChI is InChI=1S/C20H23NO2/c1-20(2,3)17-18(14-10-6-5-7-11-14)21(19(17)22)15-12-8-9-13-16(15)23-4/h5-13,18,22H,1-4H3. The Morgan fingerprint density at radius 3 is 2.17 bits per heavy atom. The van der Waals surface area contributed by atoms with Crippen molar-refractivity contribution >= 4 is 5.69 Å². The van der Waals surface area contributed by atoms with E-state index in [0.29, 0.717) is 5.88 Å². The first-order chi connectivity index (χ1) is 10.9. The molecule has 3 heteroatoms. The molecule has 1 atom stereocenters. The first-order valence-electron chi connectivity index (χ1n) is 7.86. The molecule has 2 aromatic carbocycles. The van der Waals surface area contributed by atoms with Crippen molar-refractivity contribution in [2.75, 3.05) is 12.0 Å². The van der Waals surface area contributed by atoms with E-state index in [1.165, 1.54) is 5.56 Å². The van der Waals surface area contributed by atoms with Crippen LogP contribution in [-0.2, 0) is 0 Å². The predicted molar refractivity (Wildman–Crippen MR) is 93.8 cm³/mol. The second-order valence-electron chi connectivity index (χ2n) is 6.84. The molecule has 2 aromatic rings. The van der Waals surface area contributed by atoms with E-state index in [-0.39, 0.29) is 11.5 Å². The Morgan fingerprint density at radius 1 is 0.957 bits per heavy atom. The van der Waals surface area contributed by atoms with Crippen LogP contribution in [0.1, 0.15) is 32.4 Å². The molecule has 0 radical (unpaired) electrons. The number of hydrogen-bond acceptors (Lipinski definition) is 3. The van der Waals surface area contributed by atoms with Crippen LogP contribution in [0.3, 0.4) is 0 Å². The average Bonchev–Trinajstić information content (AvgIpc) is 2.52. The van der Waals surface area contributed by atoms with Gasteiger partial charge in [-0.3, -0.25) is 4.90 Å². The van der Waals surface area contributed by atoms with Gasteiger partial charge in [-0.2, -0.15) is 0 Å². The average molecular weight is 309 g/mol. The summed E-state index contributed by atoms with van der Waals surface area (Å²) in [7, 11) is 1.65. The first-order valence-corrected chi connectivity index (χ1v) is 7.86. The lowest BCUT2D eigenvalue weighted by atomic mass is 9.74. The van der Waals surface area contributed by atoms with Gasteiger partial charge >= 0.3 is 0 Å². The minimum absolute atomic E-state index is 0.0208. The Morgan fingerprint density at radius 2 is 1.57 bits per heavy atom. The monoisotopic (exact) mass is 309 g/mol. The zero-order valence-electron chi connectivity index (χ0n) is 14.1. The van der Waals surface area contributed by atoms with Crippen molar-refractivity contribution in [1.29, 1.82) is 0 Å². The summed E-state index contributed by atoms with van der Waals surface area (Å²) in [6, 6.07) is 18.1. The highest BCUT2D eigenvalue weighted by molar-refractivity contribution is 5.69. The number of methoxy groups -OCH3 is 1. The lowest BCUT2D eigenvalue weighted by Crippen LogP contribution is -2.44. The van der Waals surface area contributed by atoms with E-state index in [0.717, 1.165) is 17.0 Å². The third kappa shape index (κ3) is 2.56. The third-order valence-electron chi connectivity index (χ3n) is 4.27. The van der Waals surface area contributed by atoms with Crippen LogP contribution in [-0.4, -0.2) is 12.2 Å². The minimum Gasteiger partial charge on any atom is -0.495 e. The molecule has 0 aliphatic carbocycles. The van der Waals surface area contributed by atoms with Gasteiger partial charge in [0.2, 0.25) is 0 Å². The summed E-state index contributed by atoms with van der Waals surface area (Å²) in [5.74, 6) is 1.09. The highest BCUT2D eigenvalue weighted by atomic mass is 16.5. The van der Waals surface area contributed by atoms with Gasteiger partial charge in [0.05, 0.1) is 18.8 Å². The van der Waals surface area contributed by atoms with Crippen LogP contribution in [0.25, 0.3) is 0 Å². The van der Waals surface area contributed by atoms with Crippen LogP contribution in [0, 0.1) is 5.41 Å². The number of aliphatic hydroxyl groups is 1. The molecular formula is C20H23NO2. The topological polar surface area (TPSA) is 32.7 Å². The maximum absolute atomic E-state index is 10.8. The molecule has 0 spiro atoms. The van der Waals surface area contributed by atoms with Gasteiger partial charge in [0.15, 0.2) is 5.88 Å². The number of ether oxygens (including phenoxy) is 1. The summed E-state index contributed by atoms with van der Waals surface area (Å²) >= 11 is 0. The minimum atomic E-state index is -0.108. The van der Waals surface area contributed by atoms with Crippen LogP contribution >= 0.6 is 0 Å². The van der Waals surface area contributed by atoms with E-state index >= 15 is 0 Å². The number of benzene rings is 2. The highest BCUT2D eigenvalue weighted by Gasteiger charge is 2.45. The van der Waals surface area contributed by atoms with Gasteiger partial charge in [-0.05, 0) is 23.1 Å². The van der Waals surface area contributed by atoms with Crippen molar-refractivity contribution in [1.82, 2.24) is 0 Å². The van der Waals surface area contributed by atoms with Crippen molar-refractivity contribution in [3.63, 3.8) is 0 Å². The molecule has 0 fully saturated rings. The summed E-state index contributed by atoms with van der Waals surface area (Å²) < 4.78 is 5.48. The maximum Gasteiger partial charge on any atom is 0.194 e. The molecule has 1 unspecified atom stereocenters. The van der Waals surface area contributed by atoms with E-state index in [9.17, 15) is 5.11 Å². The summed E-state index contributed by atoms with van der Waals surface area (Å²) in [5, 5.41) is 10.8. The van der Waals surface area contributed by atoms with Gasteiger partial charge < -0.3 is 9.84 Å². The van der Waals surface area contributed by atoms with Crippen LogP contribution in [0.2, 0.25) is 0 Å². The molecule has 1 aliphatic rings. The van der Waals surface area contributed by atoms with E-state index in [4.69, 9.17) is 4.74 Å². The predicted octanol–water partition coefficient (Wildman–Crippen LogP) is 5.07. The second-order valence-corrected chi connectivity index (χ2v) is 6.84. The van der Waals surface area contributed by atoms with Crippen molar-refractivity contribution in [3.8, 4) is 5.75 Å². The summed E-state index contributed by atoms with van der Waals surface area (Å²) in [5.41, 5.74) is 2.99. The Kier molecular flexibility index (Phi) is 3.80. The van der Waals surface area contributed by atoms with Crippen LogP contribution in [0.4, 0.5) is 5.69 Å². The first kappa shape index (κ1) is 15.5. The van der Waals surface area contributed by atoms with Gasteiger partial charge in [0.1, 0.15) is 5.75 Å². The zero-order valence-corrected chi connectivity index (χ0v) is 14.1. The fraction of sp³-hybridized carbons (Fsp3) is 0.300. The van der Waals surface area contributed by atoms with Crippen molar-refractivity contribution in [3.05, 3.63) is 71.6 Å². The van der Waals surface area contributed by atoms with Crippen molar-refractivity contribution in [2.24, 2.45) is 5.41 Å². The molecule has 0 saturated heterocycles. The number of nitrogens with zero attached hydrogens (tertiary/aromatic N) is 1. The molecular weight excluding hydrogens is 286 g/mol. The SMILES string of the molecule is COc1ccccc1N1C(O)=C(C(C)(C)C)C1c1ccccc1. The van der Waals surface area contributed by atoms with Crippen LogP contribution in [0.15, 0.2) is 66.1 Å². The summed E-state index contributed by atoms with van der Waals surface area (Å²) in [4.78, 5) is 1.95. The van der Waals surface area contributed by atoms with Gasteiger partial charge in [0.25, 0.3) is 0 Å². The van der Waals surface area contributed by atoms with Crippen molar-refractivity contribution in [2.45, 2.75) is 26.8 Å². The molecule has 23 heavy (non-hydrogen) atoms. The summed E-state index contributed by atoms with van der Waals surface area (Å²) in [6.07, 6.45) is 0. The lowest BCUT2D eigenvalue weighted by Gasteiger charge is -2.48. The van der Waals surface area contributed by atoms with Gasteiger partial charge in [-0.1, -0.05) is 63.2 Å². The largest absolute Gasteiger partial charge is 0.495 e. The molecule has 0 saturated carbocycles. The molecule has 0 aromatic heterocycles. The van der Waals surface area contributed by atoms with Crippen molar-refractivity contribution < 1.29 is 9.84 Å². The smallest absolute Gasteiger partial charge is 0.194 e. The fourth-order valence-electron chi connectivity index (χ4n) is 3.22. The van der Waals surface area contributed by atoms with Crippen LogP contribution in [0.5, 0.6) is 5.75 Å². The lowest BCUT2D eigenvalue weighted by molar-refractivity contribution is 0.284. The van der Waals surface area contributed by atoms with E-state index in [1.54, 1.807) is 7.11 Å². The Bertz CT molecular complexity index is 729. The second kappa shape index (κ2) is 5.65. The molecule has 1 aliphatic heterocycles. The quantitative estimate of drug-likeness (QED) is 0.859. The molecule has 3 nitrogen and oxygen atoms in total. The van der Waals surface area contributed by atoms with Gasteiger partial charge in [-0.15, -0.1) is 0 Å². The number of para-hydroxylation sites is 2. The molecule has 0 amide bonds.